The second kappa shape index (κ2) is 7.41. The molecule has 1 amide bonds. The van der Waals surface area contributed by atoms with Crippen LogP contribution in [0, 0.1) is 0 Å². The van der Waals surface area contributed by atoms with Crippen LogP contribution in [-0.2, 0) is 4.79 Å². The summed E-state index contributed by atoms with van der Waals surface area (Å²) in [6, 6.07) is 13.8. The maximum atomic E-state index is 10.3. The third-order valence-electron chi connectivity index (χ3n) is 2.29. The molecule has 0 radical (unpaired) electrons. The Balaban J connectivity index is 0.000000317. The molecular weight excluding hydrogens is 212 g/mol. The number of benzene rings is 2. The minimum atomic E-state index is 0.696. The summed E-state index contributed by atoms with van der Waals surface area (Å²) in [5.74, 6) is 0. The van der Waals surface area contributed by atoms with E-state index in [-0.39, 0.29) is 0 Å². The molecule has 0 saturated heterocycles. The molecule has 3 heteroatoms. The van der Waals surface area contributed by atoms with Crippen LogP contribution >= 0.6 is 0 Å². The van der Waals surface area contributed by atoms with Gasteiger partial charge < -0.3 is 11.1 Å². The van der Waals surface area contributed by atoms with Gasteiger partial charge in [-0.1, -0.05) is 43.3 Å². The molecule has 0 aliphatic heterocycles. The molecule has 0 atom stereocenters. The van der Waals surface area contributed by atoms with E-state index in [9.17, 15) is 4.79 Å². The van der Waals surface area contributed by atoms with E-state index < -0.39 is 0 Å². The van der Waals surface area contributed by atoms with Crippen LogP contribution in [0.4, 0.5) is 5.69 Å². The first-order valence-corrected chi connectivity index (χ1v) is 5.71. The lowest BCUT2D eigenvalue weighted by molar-refractivity contribution is -0.105. The van der Waals surface area contributed by atoms with Gasteiger partial charge in [-0.05, 0) is 24.4 Å². The van der Waals surface area contributed by atoms with Gasteiger partial charge in [0.2, 0.25) is 6.41 Å². The van der Waals surface area contributed by atoms with Gasteiger partial charge in [-0.15, -0.1) is 0 Å². The maximum absolute atomic E-state index is 10.3. The Labute approximate surface area is 102 Å². The number of anilines is 1. The summed E-state index contributed by atoms with van der Waals surface area (Å²) in [4.78, 5) is 10.3. The van der Waals surface area contributed by atoms with Gasteiger partial charge in [-0.3, -0.25) is 4.79 Å². The highest BCUT2D eigenvalue weighted by molar-refractivity contribution is 5.97. The van der Waals surface area contributed by atoms with Gasteiger partial charge in [0.1, 0.15) is 0 Å². The lowest BCUT2D eigenvalue weighted by Crippen LogP contribution is -1.93. The van der Waals surface area contributed by atoms with Crippen molar-refractivity contribution in [2.45, 2.75) is 13.3 Å². The van der Waals surface area contributed by atoms with Gasteiger partial charge in [-0.2, -0.15) is 0 Å². The van der Waals surface area contributed by atoms with Crippen molar-refractivity contribution in [2.75, 3.05) is 11.9 Å². The zero-order valence-electron chi connectivity index (χ0n) is 10.0. The number of hydrogen-bond acceptors (Lipinski definition) is 2. The van der Waals surface area contributed by atoms with Gasteiger partial charge in [0.15, 0.2) is 0 Å². The van der Waals surface area contributed by atoms with Crippen LogP contribution in [0.1, 0.15) is 13.3 Å². The van der Waals surface area contributed by atoms with E-state index in [0.29, 0.717) is 6.41 Å². The van der Waals surface area contributed by atoms with Crippen LogP contribution < -0.4 is 11.1 Å². The zero-order valence-corrected chi connectivity index (χ0v) is 10.0. The van der Waals surface area contributed by atoms with Gasteiger partial charge >= 0.3 is 0 Å². The van der Waals surface area contributed by atoms with Crippen molar-refractivity contribution < 1.29 is 4.79 Å². The van der Waals surface area contributed by atoms with Crippen molar-refractivity contribution in [3.8, 4) is 0 Å². The fourth-order valence-corrected chi connectivity index (χ4v) is 1.41. The van der Waals surface area contributed by atoms with Crippen LogP contribution in [0.3, 0.4) is 0 Å². The molecule has 0 aliphatic rings. The number of nitrogens with two attached hydrogens (primary N) is 1. The number of nitrogens with one attached hydrogen (secondary N) is 1. The van der Waals surface area contributed by atoms with Gasteiger partial charge in [0, 0.05) is 11.1 Å². The zero-order chi connectivity index (χ0) is 12.5. The van der Waals surface area contributed by atoms with Crippen LogP contribution in [0.2, 0.25) is 0 Å². The number of amides is 1. The number of carbonyl (C=O) groups excluding carboxylic acids is 1. The normalized spacial score (nSPS) is 9.29. The quantitative estimate of drug-likeness (QED) is 0.797. The SMILES string of the molecule is CCCN.O=CNc1cccc2ccccc12. The van der Waals surface area contributed by atoms with E-state index in [2.05, 4.69) is 12.2 Å². The van der Waals surface area contributed by atoms with E-state index in [1.807, 2.05) is 42.5 Å². The molecule has 90 valence electrons. The number of fused-ring (bicyclic) bond motifs is 1. The van der Waals surface area contributed by atoms with Crippen LogP contribution in [0.5, 0.6) is 0 Å². The Bertz CT molecular complexity index is 461. The van der Waals surface area contributed by atoms with E-state index in [1.54, 1.807) is 0 Å². The summed E-state index contributed by atoms with van der Waals surface area (Å²) in [5.41, 5.74) is 5.88. The summed E-state index contributed by atoms with van der Waals surface area (Å²) < 4.78 is 0. The minimum Gasteiger partial charge on any atom is -0.330 e. The molecule has 3 nitrogen and oxygen atoms in total. The highest BCUT2D eigenvalue weighted by Gasteiger charge is 1.96. The first-order valence-electron chi connectivity index (χ1n) is 5.71. The standard InChI is InChI=1S/C11H9NO.C3H9N/c13-8-12-11-7-3-5-9-4-1-2-6-10(9)11;1-2-3-4/h1-8H,(H,12,13);2-4H2,1H3. The Morgan fingerprint density at radius 3 is 2.47 bits per heavy atom. The molecule has 2 rings (SSSR count). The van der Waals surface area contributed by atoms with Crippen molar-refractivity contribution in [1.29, 1.82) is 0 Å². The predicted octanol–water partition coefficient (Wildman–Crippen LogP) is 2.76. The number of hydrogen-bond donors (Lipinski definition) is 2. The smallest absolute Gasteiger partial charge is 0.211 e. The van der Waals surface area contributed by atoms with Crippen molar-refractivity contribution in [2.24, 2.45) is 5.73 Å². The minimum absolute atomic E-state index is 0.696. The Morgan fingerprint density at radius 1 is 1.18 bits per heavy atom. The Kier molecular flexibility index (Phi) is 5.75. The van der Waals surface area contributed by atoms with E-state index in [4.69, 9.17) is 5.73 Å². The van der Waals surface area contributed by atoms with E-state index in [1.165, 1.54) is 0 Å². The van der Waals surface area contributed by atoms with Crippen molar-refractivity contribution >= 4 is 22.9 Å². The lowest BCUT2D eigenvalue weighted by atomic mass is 10.1. The molecular formula is C14H18N2O. The van der Waals surface area contributed by atoms with Gasteiger partial charge in [0.25, 0.3) is 0 Å². The summed E-state index contributed by atoms with van der Waals surface area (Å²) >= 11 is 0. The summed E-state index contributed by atoms with van der Waals surface area (Å²) in [7, 11) is 0. The topological polar surface area (TPSA) is 55.1 Å². The van der Waals surface area contributed by atoms with Gasteiger partial charge in [0.05, 0.1) is 0 Å². The largest absolute Gasteiger partial charge is 0.330 e. The van der Waals surface area contributed by atoms with Crippen LogP contribution in [-0.4, -0.2) is 13.0 Å². The highest BCUT2D eigenvalue weighted by atomic mass is 16.1. The molecule has 2 aromatic rings. The highest BCUT2D eigenvalue weighted by Crippen LogP contribution is 2.21. The monoisotopic (exact) mass is 230 g/mol. The average Bonchev–Trinajstić information content (AvgIpc) is 2.40. The Morgan fingerprint density at radius 2 is 1.82 bits per heavy atom. The summed E-state index contributed by atoms with van der Waals surface area (Å²) in [6.45, 7) is 2.88. The third kappa shape index (κ3) is 3.89. The summed E-state index contributed by atoms with van der Waals surface area (Å²) in [6.07, 6.45) is 1.79. The molecule has 0 spiro atoms. The van der Waals surface area contributed by atoms with E-state index in [0.717, 1.165) is 29.4 Å². The summed E-state index contributed by atoms with van der Waals surface area (Å²) in [5, 5.41) is 4.87. The number of carbonyl (C=O) groups is 1. The molecule has 0 bridgehead atoms. The lowest BCUT2D eigenvalue weighted by Gasteiger charge is -2.03. The molecule has 0 saturated carbocycles. The van der Waals surface area contributed by atoms with Crippen molar-refractivity contribution in [1.82, 2.24) is 0 Å². The fraction of sp³-hybridized carbons (Fsp3) is 0.214. The second-order valence-electron chi connectivity index (χ2n) is 3.58. The van der Waals surface area contributed by atoms with Gasteiger partial charge in [-0.25, -0.2) is 0 Å². The van der Waals surface area contributed by atoms with Crippen LogP contribution in [0.25, 0.3) is 10.8 Å². The maximum Gasteiger partial charge on any atom is 0.211 e. The molecule has 0 fully saturated rings. The molecule has 3 N–H and O–H groups in total. The van der Waals surface area contributed by atoms with Crippen molar-refractivity contribution in [3.63, 3.8) is 0 Å². The molecule has 0 unspecified atom stereocenters. The first-order chi connectivity index (χ1) is 8.33. The Hall–Kier alpha value is -1.87. The van der Waals surface area contributed by atoms with E-state index >= 15 is 0 Å². The number of rotatable bonds is 3. The van der Waals surface area contributed by atoms with Crippen molar-refractivity contribution in [3.05, 3.63) is 42.5 Å². The van der Waals surface area contributed by atoms with Crippen LogP contribution in [0.15, 0.2) is 42.5 Å². The molecule has 2 aromatic carbocycles. The first kappa shape index (κ1) is 13.2. The molecule has 0 heterocycles. The average molecular weight is 230 g/mol. The molecule has 0 aromatic heterocycles. The molecule has 0 aliphatic carbocycles. The molecule has 17 heavy (non-hydrogen) atoms. The second-order valence-corrected chi connectivity index (χ2v) is 3.58. The fourth-order valence-electron chi connectivity index (χ4n) is 1.41. The predicted molar refractivity (Wildman–Crippen MR) is 73.0 cm³/mol. The third-order valence-corrected chi connectivity index (χ3v) is 2.29.